The summed E-state index contributed by atoms with van der Waals surface area (Å²) in [6.45, 7) is 4.27. The Balaban J connectivity index is 3.84. The maximum atomic E-state index is 12.4. The number of allylic oxidation sites excluding steroid dienone is 4. The van der Waals surface area contributed by atoms with Gasteiger partial charge in [0.1, 0.15) is 6.10 Å². The molecule has 0 bridgehead atoms. The summed E-state index contributed by atoms with van der Waals surface area (Å²) in [6.07, 6.45) is 31.1. The third-order valence-corrected chi connectivity index (χ3v) is 8.56. The molecule has 3 atom stereocenters. The second-order valence-electron chi connectivity index (χ2n) is 11.9. The van der Waals surface area contributed by atoms with E-state index in [4.69, 9.17) is 0 Å². The Labute approximate surface area is 258 Å². The first kappa shape index (κ1) is 40.8. The molecule has 0 spiro atoms. The third-order valence-electron chi connectivity index (χ3n) is 7.78. The van der Waals surface area contributed by atoms with E-state index in [1.165, 1.54) is 64.2 Å². The second kappa shape index (κ2) is 28.5. The summed E-state index contributed by atoms with van der Waals surface area (Å²) in [7, 11) is -4.39. The fourth-order valence-electron chi connectivity index (χ4n) is 5.14. The normalized spacial score (nSPS) is 14.5. The van der Waals surface area contributed by atoms with Gasteiger partial charge >= 0.3 is 0 Å². The van der Waals surface area contributed by atoms with E-state index in [0.717, 1.165) is 57.8 Å². The van der Waals surface area contributed by atoms with Crippen LogP contribution in [-0.2, 0) is 14.9 Å². The van der Waals surface area contributed by atoms with Crippen molar-refractivity contribution in [1.29, 1.82) is 0 Å². The largest absolute Gasteiger partial charge is 0.391 e. The molecule has 8 heteroatoms. The van der Waals surface area contributed by atoms with Gasteiger partial charge in [-0.2, -0.15) is 8.42 Å². The monoisotopic (exact) mass is 615 g/mol. The van der Waals surface area contributed by atoms with E-state index in [2.05, 4.69) is 43.5 Å². The van der Waals surface area contributed by atoms with E-state index in [9.17, 15) is 28.0 Å². The molecule has 0 heterocycles. The number of aliphatic hydroxyl groups excluding tert-OH is 2. The number of unbranched alkanes of at least 4 members (excludes halogenated alkanes) is 17. The summed E-state index contributed by atoms with van der Waals surface area (Å²) in [6, 6.07) is -1.14. The van der Waals surface area contributed by atoms with Crippen LogP contribution in [0.1, 0.15) is 162 Å². The SMILES string of the molecule is CC/C=C\C/C=C\CCCCCCCCCCCCCCCC(O)C(=O)NC(CS(=O)(=O)O)C(O)CCCCCCC. The number of amides is 1. The Morgan fingerprint density at radius 3 is 1.67 bits per heavy atom. The molecule has 3 unspecified atom stereocenters. The summed E-state index contributed by atoms with van der Waals surface area (Å²) in [5.74, 6) is -1.46. The lowest BCUT2D eigenvalue weighted by Crippen LogP contribution is -2.50. The molecule has 7 nitrogen and oxygen atoms in total. The first-order valence-electron chi connectivity index (χ1n) is 17.1. The van der Waals surface area contributed by atoms with Gasteiger partial charge in [-0.05, 0) is 38.5 Å². The van der Waals surface area contributed by atoms with Crippen molar-refractivity contribution >= 4 is 16.0 Å². The molecule has 0 fully saturated rings. The Morgan fingerprint density at radius 1 is 0.667 bits per heavy atom. The zero-order valence-electron chi connectivity index (χ0n) is 27.0. The van der Waals surface area contributed by atoms with Crippen LogP contribution in [0.3, 0.4) is 0 Å². The molecular formula is C34H65NO6S. The minimum absolute atomic E-state index is 0.296. The zero-order valence-corrected chi connectivity index (χ0v) is 27.8. The maximum Gasteiger partial charge on any atom is 0.266 e. The molecule has 0 aromatic carbocycles. The third kappa shape index (κ3) is 27.6. The van der Waals surface area contributed by atoms with Crippen LogP contribution in [0, 0.1) is 0 Å². The molecule has 42 heavy (non-hydrogen) atoms. The molecule has 0 aromatic heterocycles. The van der Waals surface area contributed by atoms with E-state index < -0.39 is 40.0 Å². The fourth-order valence-corrected chi connectivity index (χ4v) is 5.90. The van der Waals surface area contributed by atoms with Crippen LogP contribution in [-0.4, -0.2) is 53.1 Å². The van der Waals surface area contributed by atoms with Crippen LogP contribution >= 0.6 is 0 Å². The number of carbonyl (C=O) groups is 1. The number of aliphatic hydroxyl groups is 2. The van der Waals surface area contributed by atoms with Crippen LogP contribution in [0.15, 0.2) is 24.3 Å². The topological polar surface area (TPSA) is 124 Å². The summed E-state index contributed by atoms with van der Waals surface area (Å²) in [4.78, 5) is 12.4. The smallest absolute Gasteiger partial charge is 0.266 e. The van der Waals surface area contributed by atoms with Crippen molar-refractivity contribution < 1.29 is 28.0 Å². The molecule has 0 aliphatic heterocycles. The lowest BCUT2D eigenvalue weighted by atomic mass is 10.0. The number of hydrogen-bond acceptors (Lipinski definition) is 5. The Kier molecular flexibility index (Phi) is 27.7. The van der Waals surface area contributed by atoms with Crippen LogP contribution in [0.4, 0.5) is 0 Å². The molecular weight excluding hydrogens is 550 g/mol. The average molecular weight is 616 g/mol. The molecule has 1 amide bonds. The molecule has 0 rings (SSSR count). The number of carbonyl (C=O) groups excluding carboxylic acids is 1. The van der Waals surface area contributed by atoms with E-state index in [1.807, 2.05) is 0 Å². The van der Waals surface area contributed by atoms with Gasteiger partial charge in [0.15, 0.2) is 0 Å². The standard InChI is InChI=1S/C34H65NO6S/c1-3-5-7-9-10-11-12-13-14-15-16-17-18-19-20-21-22-23-25-27-29-33(37)34(38)35-31(30-42(39,40)41)32(36)28-26-24-8-6-4-2/h5,7,10-11,31-33,36-37H,3-4,6,8-9,12-30H2,1-2H3,(H,35,38)(H,39,40,41)/b7-5-,11-10-. The van der Waals surface area contributed by atoms with Gasteiger partial charge in [0.2, 0.25) is 5.91 Å². The minimum Gasteiger partial charge on any atom is -0.391 e. The predicted octanol–water partition coefficient (Wildman–Crippen LogP) is 8.21. The predicted molar refractivity (Wildman–Crippen MR) is 176 cm³/mol. The second-order valence-corrected chi connectivity index (χ2v) is 13.4. The summed E-state index contributed by atoms with van der Waals surface area (Å²) >= 11 is 0. The molecule has 0 aliphatic rings. The molecule has 0 saturated carbocycles. The van der Waals surface area contributed by atoms with Gasteiger partial charge in [-0.15, -0.1) is 0 Å². The lowest BCUT2D eigenvalue weighted by molar-refractivity contribution is -0.131. The highest BCUT2D eigenvalue weighted by Crippen LogP contribution is 2.15. The van der Waals surface area contributed by atoms with Gasteiger partial charge in [-0.1, -0.05) is 147 Å². The Bertz CT molecular complexity index is 783. The van der Waals surface area contributed by atoms with Crippen molar-refractivity contribution in [2.75, 3.05) is 5.75 Å². The van der Waals surface area contributed by atoms with Gasteiger partial charge in [0, 0.05) is 0 Å². The first-order valence-corrected chi connectivity index (χ1v) is 18.7. The van der Waals surface area contributed by atoms with Gasteiger partial charge in [0.25, 0.3) is 10.1 Å². The number of nitrogens with one attached hydrogen (secondary N) is 1. The number of rotatable bonds is 30. The van der Waals surface area contributed by atoms with E-state index in [-0.39, 0.29) is 0 Å². The van der Waals surface area contributed by atoms with Crippen molar-refractivity contribution in [1.82, 2.24) is 5.32 Å². The van der Waals surface area contributed by atoms with E-state index >= 15 is 0 Å². The van der Waals surface area contributed by atoms with Gasteiger partial charge in [0.05, 0.1) is 17.9 Å². The van der Waals surface area contributed by atoms with Crippen LogP contribution in [0.25, 0.3) is 0 Å². The van der Waals surface area contributed by atoms with Crippen LogP contribution in [0.2, 0.25) is 0 Å². The quantitative estimate of drug-likeness (QED) is 0.0367. The van der Waals surface area contributed by atoms with Crippen LogP contribution in [0.5, 0.6) is 0 Å². The highest BCUT2D eigenvalue weighted by molar-refractivity contribution is 7.85. The Hall–Kier alpha value is -1.22. The van der Waals surface area contributed by atoms with Crippen molar-refractivity contribution in [3.8, 4) is 0 Å². The minimum atomic E-state index is -4.39. The molecule has 0 radical (unpaired) electrons. The fraction of sp³-hybridized carbons (Fsp3) is 0.853. The van der Waals surface area contributed by atoms with E-state index in [0.29, 0.717) is 25.7 Å². The molecule has 248 valence electrons. The zero-order chi connectivity index (χ0) is 31.3. The van der Waals surface area contributed by atoms with Crippen molar-refractivity contribution in [3.63, 3.8) is 0 Å². The van der Waals surface area contributed by atoms with Gasteiger partial charge in [-0.25, -0.2) is 0 Å². The highest BCUT2D eigenvalue weighted by Gasteiger charge is 2.28. The molecule has 0 saturated heterocycles. The molecule has 4 N–H and O–H groups in total. The highest BCUT2D eigenvalue weighted by atomic mass is 32.2. The van der Waals surface area contributed by atoms with Crippen molar-refractivity contribution in [2.45, 2.75) is 180 Å². The molecule has 0 aliphatic carbocycles. The summed E-state index contributed by atoms with van der Waals surface area (Å²) < 4.78 is 32.1. The van der Waals surface area contributed by atoms with Crippen LogP contribution < -0.4 is 5.32 Å². The summed E-state index contributed by atoms with van der Waals surface area (Å²) in [5, 5.41) is 23.2. The van der Waals surface area contributed by atoms with E-state index in [1.54, 1.807) is 0 Å². The average Bonchev–Trinajstić information content (AvgIpc) is 2.94. The van der Waals surface area contributed by atoms with Gasteiger partial charge in [-0.3, -0.25) is 9.35 Å². The molecule has 0 aromatic rings. The van der Waals surface area contributed by atoms with Crippen molar-refractivity contribution in [3.05, 3.63) is 24.3 Å². The van der Waals surface area contributed by atoms with Gasteiger partial charge < -0.3 is 15.5 Å². The first-order chi connectivity index (χ1) is 20.2. The summed E-state index contributed by atoms with van der Waals surface area (Å²) in [5.41, 5.74) is 0. The van der Waals surface area contributed by atoms with Crippen molar-refractivity contribution in [2.24, 2.45) is 0 Å². The Morgan fingerprint density at radius 2 is 1.14 bits per heavy atom. The maximum absolute atomic E-state index is 12.4. The lowest BCUT2D eigenvalue weighted by Gasteiger charge is -2.24. The number of hydrogen-bond donors (Lipinski definition) is 4.